The molecule has 0 bridgehead atoms. The summed E-state index contributed by atoms with van der Waals surface area (Å²) < 4.78 is 28.0. The molecule has 1 heterocycles. The van der Waals surface area contributed by atoms with E-state index in [9.17, 15) is 13.2 Å². The van der Waals surface area contributed by atoms with Gasteiger partial charge in [-0.1, -0.05) is 13.8 Å². The molecule has 8 heteroatoms. The summed E-state index contributed by atoms with van der Waals surface area (Å²) in [6, 6.07) is 0. The lowest BCUT2D eigenvalue weighted by molar-refractivity contribution is -0.137. The lowest BCUT2D eigenvalue weighted by atomic mass is 10.2. The number of hydrogen-bond donors (Lipinski definition) is 1. The van der Waals surface area contributed by atoms with E-state index in [1.807, 2.05) is 13.8 Å². The van der Waals surface area contributed by atoms with Crippen molar-refractivity contribution in [3.63, 3.8) is 0 Å². The molecule has 0 saturated heterocycles. The zero-order chi connectivity index (χ0) is 16.4. The third kappa shape index (κ3) is 4.04. The fourth-order valence-corrected chi connectivity index (χ4v) is 3.94. The normalized spacial score (nSPS) is 12.3. The van der Waals surface area contributed by atoms with Crippen molar-refractivity contribution in [1.82, 2.24) is 14.1 Å². The minimum Gasteiger partial charge on any atom is -0.481 e. The van der Waals surface area contributed by atoms with Crippen LogP contribution in [0.4, 0.5) is 0 Å². The second-order valence-electron chi connectivity index (χ2n) is 5.55. The Morgan fingerprint density at radius 3 is 2.43 bits per heavy atom. The summed E-state index contributed by atoms with van der Waals surface area (Å²) in [5.74, 6) is -0.726. The molecule has 1 N–H and O–H groups in total. The van der Waals surface area contributed by atoms with E-state index in [-0.39, 0.29) is 23.8 Å². The Kier molecular flexibility index (Phi) is 5.52. The summed E-state index contributed by atoms with van der Waals surface area (Å²) in [4.78, 5) is 10.8. The van der Waals surface area contributed by atoms with E-state index in [1.54, 1.807) is 20.9 Å². The maximum Gasteiger partial charge on any atom is 0.305 e. The van der Waals surface area contributed by atoms with Crippen LogP contribution in [0.2, 0.25) is 0 Å². The van der Waals surface area contributed by atoms with E-state index in [0.717, 1.165) is 0 Å². The monoisotopic (exact) mass is 317 g/mol. The van der Waals surface area contributed by atoms with Gasteiger partial charge in [0.05, 0.1) is 24.4 Å². The fourth-order valence-electron chi connectivity index (χ4n) is 2.24. The third-order valence-corrected chi connectivity index (χ3v) is 5.22. The first-order valence-corrected chi connectivity index (χ1v) is 8.23. The lowest BCUT2D eigenvalue weighted by Crippen LogP contribution is -2.31. The predicted molar refractivity (Wildman–Crippen MR) is 78.6 cm³/mol. The lowest BCUT2D eigenvalue weighted by Gasteiger charge is -2.19. The van der Waals surface area contributed by atoms with Crippen LogP contribution in [0.25, 0.3) is 0 Å². The first-order valence-electron chi connectivity index (χ1n) is 6.79. The number of carbonyl (C=O) groups is 1. The van der Waals surface area contributed by atoms with Crippen molar-refractivity contribution in [3.8, 4) is 0 Å². The Balaban J connectivity index is 3.15. The highest BCUT2D eigenvalue weighted by molar-refractivity contribution is 7.89. The molecular formula is C13H23N3O4S. The minimum atomic E-state index is -3.61. The van der Waals surface area contributed by atoms with Gasteiger partial charge >= 0.3 is 5.97 Å². The first kappa shape index (κ1) is 17.6. The number of sulfonamides is 1. The molecule has 0 aromatic carbocycles. The fraction of sp³-hybridized carbons (Fsp3) is 0.692. The van der Waals surface area contributed by atoms with Crippen molar-refractivity contribution in [3.05, 3.63) is 11.4 Å². The maximum absolute atomic E-state index is 12.6. The van der Waals surface area contributed by atoms with E-state index in [1.165, 1.54) is 8.99 Å². The number of aryl methyl sites for hydroxylation is 2. The van der Waals surface area contributed by atoms with Gasteiger partial charge in [-0.05, 0) is 19.8 Å². The summed E-state index contributed by atoms with van der Waals surface area (Å²) in [6.45, 7) is 7.75. The van der Waals surface area contributed by atoms with Gasteiger partial charge in [-0.3, -0.25) is 9.48 Å². The Bertz CT molecular complexity index is 620. The number of nitrogens with zero attached hydrogens (tertiary/aromatic N) is 3. The second-order valence-corrected chi connectivity index (χ2v) is 7.53. The van der Waals surface area contributed by atoms with Gasteiger partial charge in [0, 0.05) is 13.6 Å². The van der Waals surface area contributed by atoms with E-state index in [4.69, 9.17) is 5.11 Å². The summed E-state index contributed by atoms with van der Waals surface area (Å²) in [6.07, 6.45) is -0.0940. The van der Waals surface area contributed by atoms with Crippen LogP contribution in [-0.2, 0) is 21.4 Å². The van der Waals surface area contributed by atoms with Gasteiger partial charge in [-0.25, -0.2) is 12.7 Å². The zero-order valence-electron chi connectivity index (χ0n) is 13.1. The van der Waals surface area contributed by atoms with E-state index in [0.29, 0.717) is 17.9 Å². The van der Waals surface area contributed by atoms with Crippen molar-refractivity contribution in [2.75, 3.05) is 13.6 Å². The van der Waals surface area contributed by atoms with Gasteiger partial charge in [0.1, 0.15) is 4.90 Å². The number of rotatable bonds is 7. The minimum absolute atomic E-state index is 0.0940. The van der Waals surface area contributed by atoms with Crippen molar-refractivity contribution >= 4 is 16.0 Å². The molecule has 0 aliphatic carbocycles. The standard InChI is InChI=1S/C13H23N3O4S/c1-9(2)8-15(5)21(19,20)13-10(3)14-16(11(13)4)7-6-12(17)18/h9H,6-8H2,1-5H3,(H,17,18). The molecule has 1 rings (SSSR count). The van der Waals surface area contributed by atoms with Crippen LogP contribution in [-0.4, -0.2) is 47.2 Å². The molecule has 0 atom stereocenters. The van der Waals surface area contributed by atoms with E-state index in [2.05, 4.69) is 5.10 Å². The third-order valence-electron chi connectivity index (χ3n) is 3.14. The largest absolute Gasteiger partial charge is 0.481 e. The summed E-state index contributed by atoms with van der Waals surface area (Å²) in [5.41, 5.74) is 0.873. The number of aliphatic carboxylic acids is 1. The molecule has 7 nitrogen and oxygen atoms in total. The molecule has 0 spiro atoms. The molecule has 0 unspecified atom stereocenters. The number of aromatic nitrogens is 2. The molecule has 0 radical (unpaired) electrons. The molecule has 120 valence electrons. The van der Waals surface area contributed by atoms with Crippen LogP contribution in [0.5, 0.6) is 0 Å². The molecule has 0 saturated carbocycles. The highest BCUT2D eigenvalue weighted by Crippen LogP contribution is 2.23. The van der Waals surface area contributed by atoms with Gasteiger partial charge in [-0.15, -0.1) is 0 Å². The van der Waals surface area contributed by atoms with Crippen LogP contribution in [0.15, 0.2) is 4.90 Å². The highest BCUT2D eigenvalue weighted by atomic mass is 32.2. The van der Waals surface area contributed by atoms with Gasteiger partial charge < -0.3 is 5.11 Å². The van der Waals surface area contributed by atoms with Crippen LogP contribution >= 0.6 is 0 Å². The number of carboxylic acid groups (broad SMARTS) is 1. The smallest absolute Gasteiger partial charge is 0.305 e. The Morgan fingerprint density at radius 1 is 1.38 bits per heavy atom. The second kappa shape index (κ2) is 6.57. The predicted octanol–water partition coefficient (Wildman–Crippen LogP) is 1.25. The Morgan fingerprint density at radius 2 is 1.95 bits per heavy atom. The topological polar surface area (TPSA) is 92.5 Å². The van der Waals surface area contributed by atoms with Crippen LogP contribution in [0.3, 0.4) is 0 Å². The van der Waals surface area contributed by atoms with E-state index < -0.39 is 16.0 Å². The van der Waals surface area contributed by atoms with Crippen LogP contribution < -0.4 is 0 Å². The van der Waals surface area contributed by atoms with Gasteiger partial charge in [-0.2, -0.15) is 5.10 Å². The molecule has 1 aromatic rings. The molecule has 1 aromatic heterocycles. The van der Waals surface area contributed by atoms with Crippen molar-refractivity contribution < 1.29 is 18.3 Å². The number of hydrogen-bond acceptors (Lipinski definition) is 4. The molecule has 0 amide bonds. The highest BCUT2D eigenvalue weighted by Gasteiger charge is 2.29. The van der Waals surface area contributed by atoms with Crippen molar-refractivity contribution in [1.29, 1.82) is 0 Å². The molecule has 0 aliphatic heterocycles. The quantitative estimate of drug-likeness (QED) is 0.817. The SMILES string of the molecule is Cc1nn(CCC(=O)O)c(C)c1S(=O)(=O)N(C)CC(C)C. The average Bonchev–Trinajstić information content (AvgIpc) is 2.61. The molecule has 0 aliphatic rings. The first-order chi connectivity index (χ1) is 9.57. The van der Waals surface area contributed by atoms with Crippen molar-refractivity contribution in [2.45, 2.75) is 45.6 Å². The molecule has 21 heavy (non-hydrogen) atoms. The zero-order valence-corrected chi connectivity index (χ0v) is 13.9. The van der Waals surface area contributed by atoms with E-state index >= 15 is 0 Å². The van der Waals surface area contributed by atoms with Gasteiger partial charge in [0.2, 0.25) is 10.0 Å². The van der Waals surface area contributed by atoms with Crippen LogP contribution in [0.1, 0.15) is 31.7 Å². The van der Waals surface area contributed by atoms with Gasteiger partial charge in [0.25, 0.3) is 0 Å². The Labute approximate surface area is 125 Å². The number of carboxylic acids is 1. The molecular weight excluding hydrogens is 294 g/mol. The average molecular weight is 317 g/mol. The van der Waals surface area contributed by atoms with Gasteiger partial charge in [0.15, 0.2) is 0 Å². The Hall–Kier alpha value is -1.41. The molecule has 0 fully saturated rings. The van der Waals surface area contributed by atoms with Crippen molar-refractivity contribution in [2.24, 2.45) is 5.92 Å². The van der Waals surface area contributed by atoms with Crippen LogP contribution in [0, 0.1) is 19.8 Å². The summed E-state index contributed by atoms with van der Waals surface area (Å²) in [5, 5.41) is 12.9. The maximum atomic E-state index is 12.6. The summed E-state index contributed by atoms with van der Waals surface area (Å²) in [7, 11) is -2.07. The summed E-state index contributed by atoms with van der Waals surface area (Å²) >= 11 is 0.